The highest BCUT2D eigenvalue weighted by molar-refractivity contribution is 5.75. The molecule has 0 saturated carbocycles. The van der Waals surface area contributed by atoms with Crippen LogP contribution in [0.5, 0.6) is 0 Å². The highest BCUT2D eigenvalue weighted by Crippen LogP contribution is 2.31. The third-order valence-electron chi connectivity index (χ3n) is 4.86. The van der Waals surface area contributed by atoms with Crippen molar-refractivity contribution in [1.29, 1.82) is 0 Å². The molecule has 0 N–H and O–H groups in total. The Morgan fingerprint density at radius 2 is 1.72 bits per heavy atom. The number of nitrogens with zero attached hydrogens (tertiary/aromatic N) is 3. The van der Waals surface area contributed by atoms with E-state index in [-0.39, 0.29) is 0 Å². The number of carbonyl (C=O) groups is 1. The van der Waals surface area contributed by atoms with Gasteiger partial charge in [0.25, 0.3) is 0 Å². The zero-order valence-corrected chi connectivity index (χ0v) is 11.6. The predicted molar refractivity (Wildman–Crippen MR) is 71.6 cm³/mol. The Balaban J connectivity index is 1.68. The van der Waals surface area contributed by atoms with Gasteiger partial charge in [-0.2, -0.15) is 0 Å². The van der Waals surface area contributed by atoms with Crippen molar-refractivity contribution in [2.45, 2.75) is 57.7 Å². The van der Waals surface area contributed by atoms with Crippen LogP contribution >= 0.6 is 0 Å². The van der Waals surface area contributed by atoms with Crippen molar-refractivity contribution in [1.82, 2.24) is 14.7 Å². The number of carbonyl (C=O) groups excluding carboxylic acids is 1. The molecule has 2 atom stereocenters. The topological polar surface area (TPSA) is 26.8 Å². The number of rotatable bonds is 1. The molecule has 4 heterocycles. The van der Waals surface area contributed by atoms with Crippen molar-refractivity contribution in [3.05, 3.63) is 0 Å². The van der Waals surface area contributed by atoms with Crippen LogP contribution < -0.4 is 0 Å². The molecular formula is C14H25N3O. The fraction of sp³-hybridized carbons (Fsp3) is 0.929. The molecule has 0 aromatic heterocycles. The number of piperazine rings is 1. The van der Waals surface area contributed by atoms with Gasteiger partial charge in [0.1, 0.15) is 0 Å². The summed E-state index contributed by atoms with van der Waals surface area (Å²) in [5.74, 6) is 0. The van der Waals surface area contributed by atoms with Crippen molar-refractivity contribution < 1.29 is 4.79 Å². The number of hydrogen-bond acceptors (Lipinski definition) is 2. The van der Waals surface area contributed by atoms with Crippen molar-refractivity contribution in [3.63, 3.8) is 0 Å². The molecule has 4 saturated heterocycles. The number of amides is 2. The Bertz CT molecular complexity index is 325. The number of urea groups is 1. The second kappa shape index (κ2) is 4.72. The molecule has 4 heteroatoms. The van der Waals surface area contributed by atoms with E-state index in [9.17, 15) is 4.79 Å². The van der Waals surface area contributed by atoms with E-state index in [1.54, 1.807) is 0 Å². The van der Waals surface area contributed by atoms with Gasteiger partial charge in [0.2, 0.25) is 0 Å². The maximum Gasteiger partial charge on any atom is 0.320 e. The van der Waals surface area contributed by atoms with Gasteiger partial charge in [-0.25, -0.2) is 4.79 Å². The van der Waals surface area contributed by atoms with Crippen LogP contribution in [-0.4, -0.2) is 65.0 Å². The van der Waals surface area contributed by atoms with E-state index < -0.39 is 0 Å². The fourth-order valence-corrected chi connectivity index (χ4v) is 3.82. The molecule has 4 nitrogen and oxygen atoms in total. The van der Waals surface area contributed by atoms with Crippen LogP contribution in [0.4, 0.5) is 4.79 Å². The summed E-state index contributed by atoms with van der Waals surface area (Å²) in [4.78, 5) is 19.3. The number of likely N-dealkylation sites (tertiary alicyclic amines) is 1. The summed E-state index contributed by atoms with van der Waals surface area (Å²) < 4.78 is 0. The SMILES string of the molecule is CC(C)N1CC2CCC1CN2C(=O)N1CCCC1. The molecule has 0 radical (unpaired) electrons. The Kier molecular flexibility index (Phi) is 3.22. The average molecular weight is 251 g/mol. The van der Waals surface area contributed by atoms with Crippen LogP contribution in [0.15, 0.2) is 0 Å². The molecule has 2 amide bonds. The van der Waals surface area contributed by atoms with Crippen LogP contribution in [0.25, 0.3) is 0 Å². The van der Waals surface area contributed by atoms with E-state index >= 15 is 0 Å². The summed E-state index contributed by atoms with van der Waals surface area (Å²) in [6, 6.07) is 1.99. The molecule has 2 bridgehead atoms. The molecule has 4 aliphatic rings. The smallest absolute Gasteiger partial charge is 0.320 e. The minimum absolute atomic E-state index is 0.311. The summed E-state index contributed by atoms with van der Waals surface area (Å²) in [7, 11) is 0. The van der Waals surface area contributed by atoms with Gasteiger partial charge in [-0.3, -0.25) is 4.90 Å². The quantitative estimate of drug-likeness (QED) is 0.710. The average Bonchev–Trinajstić information content (AvgIpc) is 2.92. The first-order valence-corrected chi connectivity index (χ1v) is 7.48. The van der Waals surface area contributed by atoms with Crippen molar-refractivity contribution in [3.8, 4) is 0 Å². The number of fused-ring (bicyclic) bond motifs is 3. The van der Waals surface area contributed by atoms with Gasteiger partial charge in [-0.05, 0) is 39.5 Å². The summed E-state index contributed by atoms with van der Waals surface area (Å²) in [6.45, 7) is 8.53. The maximum absolute atomic E-state index is 12.5. The van der Waals surface area contributed by atoms with Gasteiger partial charge >= 0.3 is 6.03 Å². The minimum atomic E-state index is 0.311. The Labute approximate surface area is 110 Å². The van der Waals surface area contributed by atoms with Crippen LogP contribution in [0.1, 0.15) is 39.5 Å². The third kappa shape index (κ3) is 2.00. The van der Waals surface area contributed by atoms with Crippen molar-refractivity contribution >= 4 is 6.03 Å². The number of hydrogen-bond donors (Lipinski definition) is 0. The van der Waals surface area contributed by atoms with Crippen molar-refractivity contribution in [2.24, 2.45) is 0 Å². The van der Waals surface area contributed by atoms with Gasteiger partial charge in [0, 0.05) is 44.3 Å². The summed E-state index contributed by atoms with van der Waals surface area (Å²) >= 11 is 0. The summed E-state index contributed by atoms with van der Waals surface area (Å²) in [5.41, 5.74) is 0. The second-order valence-electron chi connectivity index (χ2n) is 6.30. The standard InChI is InChI=1S/C14H25N3O/c1-11(2)16-9-13-6-5-12(16)10-17(13)14(18)15-7-3-4-8-15/h11-13H,3-10H2,1-2H3. The minimum Gasteiger partial charge on any atom is -0.325 e. The molecule has 102 valence electrons. The zero-order chi connectivity index (χ0) is 12.7. The first-order chi connectivity index (χ1) is 8.66. The predicted octanol–water partition coefficient (Wildman–Crippen LogP) is 1.76. The molecule has 4 fully saturated rings. The van der Waals surface area contributed by atoms with Gasteiger partial charge in [-0.1, -0.05) is 0 Å². The molecule has 0 spiro atoms. The molecule has 18 heavy (non-hydrogen) atoms. The third-order valence-corrected chi connectivity index (χ3v) is 4.86. The Hall–Kier alpha value is -0.770. The highest BCUT2D eigenvalue weighted by Gasteiger charge is 2.42. The zero-order valence-electron chi connectivity index (χ0n) is 11.6. The van der Waals surface area contributed by atoms with Gasteiger partial charge in [-0.15, -0.1) is 0 Å². The van der Waals surface area contributed by atoms with Crippen LogP contribution in [-0.2, 0) is 0 Å². The molecule has 0 aromatic carbocycles. The monoisotopic (exact) mass is 251 g/mol. The lowest BCUT2D eigenvalue weighted by Gasteiger charge is -2.53. The van der Waals surface area contributed by atoms with Crippen LogP contribution in [0, 0.1) is 0 Å². The summed E-state index contributed by atoms with van der Waals surface area (Å²) in [6.07, 6.45) is 4.84. The molecule has 4 aliphatic heterocycles. The lowest BCUT2D eigenvalue weighted by Crippen LogP contribution is -2.66. The normalized spacial score (nSPS) is 32.6. The van der Waals surface area contributed by atoms with E-state index in [1.807, 2.05) is 0 Å². The second-order valence-corrected chi connectivity index (χ2v) is 6.30. The van der Waals surface area contributed by atoms with E-state index in [1.165, 1.54) is 25.7 Å². The lowest BCUT2D eigenvalue weighted by molar-refractivity contribution is -0.0212. The first kappa shape index (κ1) is 12.3. The number of piperidine rings is 2. The Morgan fingerprint density at radius 3 is 2.28 bits per heavy atom. The van der Waals surface area contributed by atoms with Crippen LogP contribution in [0.2, 0.25) is 0 Å². The van der Waals surface area contributed by atoms with Gasteiger partial charge in [0.05, 0.1) is 0 Å². The fourth-order valence-electron chi connectivity index (χ4n) is 3.82. The van der Waals surface area contributed by atoms with Crippen molar-refractivity contribution in [2.75, 3.05) is 26.2 Å². The highest BCUT2D eigenvalue weighted by atomic mass is 16.2. The van der Waals surface area contributed by atoms with E-state index in [4.69, 9.17) is 0 Å². The first-order valence-electron chi connectivity index (χ1n) is 7.48. The largest absolute Gasteiger partial charge is 0.325 e. The maximum atomic E-state index is 12.5. The Morgan fingerprint density at radius 1 is 1.06 bits per heavy atom. The molecule has 4 rings (SSSR count). The summed E-state index contributed by atoms with van der Waals surface area (Å²) in [5, 5.41) is 0. The van der Waals surface area contributed by atoms with Gasteiger partial charge in [0.15, 0.2) is 0 Å². The lowest BCUT2D eigenvalue weighted by atomic mass is 9.90. The van der Waals surface area contributed by atoms with E-state index in [2.05, 4.69) is 28.5 Å². The molecule has 0 aliphatic carbocycles. The molecule has 2 unspecified atom stereocenters. The van der Waals surface area contributed by atoms with Crippen LogP contribution in [0.3, 0.4) is 0 Å². The van der Waals surface area contributed by atoms with E-state index in [0.717, 1.165) is 26.2 Å². The van der Waals surface area contributed by atoms with Gasteiger partial charge < -0.3 is 9.80 Å². The van der Waals surface area contributed by atoms with E-state index in [0.29, 0.717) is 24.2 Å². The molecular weight excluding hydrogens is 226 g/mol. The molecule has 0 aromatic rings.